The molecule has 0 fully saturated rings. The number of nitrogen functional groups attached to an aromatic ring is 1. The van der Waals surface area contributed by atoms with Gasteiger partial charge in [0.1, 0.15) is 5.82 Å². The van der Waals surface area contributed by atoms with Gasteiger partial charge in [-0.1, -0.05) is 24.3 Å². The summed E-state index contributed by atoms with van der Waals surface area (Å²) in [7, 11) is 0. The number of anilines is 2. The Morgan fingerprint density at radius 3 is 2.79 bits per heavy atom. The monoisotopic (exact) mass is 256 g/mol. The largest absolute Gasteiger partial charge is 0.384 e. The Labute approximate surface area is 111 Å². The number of carbonyl (C=O) groups is 1. The van der Waals surface area contributed by atoms with Crippen molar-refractivity contribution < 1.29 is 4.79 Å². The Morgan fingerprint density at radius 2 is 2.11 bits per heavy atom. The minimum absolute atomic E-state index is 0.273. The smallest absolute Gasteiger partial charge is 0.250 e. The lowest BCUT2D eigenvalue weighted by Crippen LogP contribution is -2.15. The zero-order chi connectivity index (χ0) is 13.8. The second-order valence-corrected chi connectivity index (χ2v) is 4.30. The lowest BCUT2D eigenvalue weighted by atomic mass is 10.1. The molecule has 98 valence electrons. The molecule has 0 radical (unpaired) electrons. The normalized spacial score (nSPS) is 10.2. The van der Waals surface area contributed by atoms with Gasteiger partial charge in [-0.3, -0.25) is 4.79 Å². The number of carbonyl (C=O) groups excluding carboxylic acids is 1. The van der Waals surface area contributed by atoms with Gasteiger partial charge in [-0.05, 0) is 24.1 Å². The number of hydrogen-bond acceptors (Lipinski definition) is 4. The zero-order valence-corrected chi connectivity index (χ0v) is 10.7. The lowest BCUT2D eigenvalue weighted by molar-refractivity contribution is 0.100. The molecule has 0 unspecified atom stereocenters. The Morgan fingerprint density at radius 1 is 1.37 bits per heavy atom. The van der Waals surface area contributed by atoms with Gasteiger partial charge in [0, 0.05) is 6.54 Å². The van der Waals surface area contributed by atoms with E-state index in [-0.39, 0.29) is 5.82 Å². The van der Waals surface area contributed by atoms with Crippen molar-refractivity contribution in [2.75, 3.05) is 11.1 Å². The first-order valence-electron chi connectivity index (χ1n) is 5.91. The van der Waals surface area contributed by atoms with Crippen molar-refractivity contribution in [3.8, 4) is 0 Å². The highest BCUT2D eigenvalue weighted by molar-refractivity contribution is 5.98. The summed E-state index contributed by atoms with van der Waals surface area (Å²) in [4.78, 5) is 15.3. The summed E-state index contributed by atoms with van der Waals surface area (Å²) >= 11 is 0. The van der Waals surface area contributed by atoms with Crippen LogP contribution in [0.25, 0.3) is 0 Å². The zero-order valence-electron chi connectivity index (χ0n) is 10.7. The molecule has 1 amide bonds. The van der Waals surface area contributed by atoms with Gasteiger partial charge >= 0.3 is 0 Å². The van der Waals surface area contributed by atoms with E-state index in [1.807, 2.05) is 31.2 Å². The highest BCUT2D eigenvalue weighted by atomic mass is 16.1. The molecule has 0 atom stereocenters. The Hall–Kier alpha value is -2.56. The van der Waals surface area contributed by atoms with Crippen molar-refractivity contribution in [3.63, 3.8) is 0 Å². The van der Waals surface area contributed by atoms with Gasteiger partial charge in [-0.2, -0.15) is 0 Å². The third-order valence-electron chi connectivity index (χ3n) is 2.92. The average Bonchev–Trinajstić information content (AvgIpc) is 2.38. The topological polar surface area (TPSA) is 94.0 Å². The van der Waals surface area contributed by atoms with Crippen molar-refractivity contribution in [3.05, 3.63) is 53.2 Å². The molecule has 2 rings (SSSR count). The van der Waals surface area contributed by atoms with E-state index in [2.05, 4.69) is 10.3 Å². The molecule has 0 saturated carbocycles. The number of benzene rings is 1. The maximum atomic E-state index is 11.4. The highest BCUT2D eigenvalue weighted by Crippen LogP contribution is 2.17. The van der Waals surface area contributed by atoms with Gasteiger partial charge in [-0.25, -0.2) is 4.98 Å². The fourth-order valence-corrected chi connectivity index (χ4v) is 1.82. The van der Waals surface area contributed by atoms with E-state index in [1.165, 1.54) is 17.8 Å². The van der Waals surface area contributed by atoms with E-state index in [0.717, 1.165) is 5.56 Å². The van der Waals surface area contributed by atoms with Crippen LogP contribution in [0.1, 0.15) is 21.5 Å². The summed E-state index contributed by atoms with van der Waals surface area (Å²) < 4.78 is 0. The van der Waals surface area contributed by atoms with E-state index in [4.69, 9.17) is 11.5 Å². The van der Waals surface area contributed by atoms with Crippen LogP contribution >= 0.6 is 0 Å². The molecule has 1 aromatic carbocycles. The van der Waals surface area contributed by atoms with Crippen molar-refractivity contribution in [1.82, 2.24) is 4.98 Å². The van der Waals surface area contributed by atoms with E-state index < -0.39 is 5.91 Å². The van der Waals surface area contributed by atoms with Crippen molar-refractivity contribution in [2.45, 2.75) is 13.5 Å². The number of rotatable bonds is 4. The van der Waals surface area contributed by atoms with Crippen LogP contribution in [0, 0.1) is 6.92 Å². The molecule has 1 heterocycles. The standard InChI is InChI=1S/C14H16N4O/c1-9-4-2-3-5-10(9)7-17-12-8-18-13(15)6-11(12)14(16)19/h2-6,8,17H,7H2,1H3,(H2,15,18)(H2,16,19). The van der Waals surface area contributed by atoms with Gasteiger partial charge in [0.2, 0.25) is 0 Å². The Balaban J connectivity index is 2.20. The Bertz CT molecular complexity index is 610. The molecular weight excluding hydrogens is 240 g/mol. The van der Waals surface area contributed by atoms with Crippen LogP contribution in [0.3, 0.4) is 0 Å². The number of amides is 1. The summed E-state index contributed by atoms with van der Waals surface area (Å²) in [5.74, 6) is -0.253. The summed E-state index contributed by atoms with van der Waals surface area (Å²) in [6.07, 6.45) is 1.52. The molecule has 0 aliphatic rings. The molecule has 0 aliphatic carbocycles. The highest BCUT2D eigenvalue weighted by Gasteiger charge is 2.09. The quantitative estimate of drug-likeness (QED) is 0.775. The molecule has 0 aliphatic heterocycles. The van der Waals surface area contributed by atoms with Crippen molar-refractivity contribution >= 4 is 17.4 Å². The molecule has 19 heavy (non-hydrogen) atoms. The molecule has 0 saturated heterocycles. The van der Waals surface area contributed by atoms with Crippen LogP contribution in [-0.4, -0.2) is 10.9 Å². The molecule has 5 N–H and O–H groups in total. The second kappa shape index (κ2) is 5.39. The minimum Gasteiger partial charge on any atom is -0.384 e. The second-order valence-electron chi connectivity index (χ2n) is 4.30. The van der Waals surface area contributed by atoms with Crippen LogP contribution in [-0.2, 0) is 6.54 Å². The summed E-state index contributed by atoms with van der Waals surface area (Å²) in [6, 6.07) is 9.49. The van der Waals surface area contributed by atoms with Crippen LogP contribution < -0.4 is 16.8 Å². The van der Waals surface area contributed by atoms with Gasteiger partial charge < -0.3 is 16.8 Å². The Kier molecular flexibility index (Phi) is 3.66. The SMILES string of the molecule is Cc1ccccc1CNc1cnc(N)cc1C(N)=O. The van der Waals surface area contributed by atoms with E-state index in [9.17, 15) is 4.79 Å². The first-order valence-corrected chi connectivity index (χ1v) is 5.91. The van der Waals surface area contributed by atoms with Crippen molar-refractivity contribution in [1.29, 1.82) is 0 Å². The first-order chi connectivity index (χ1) is 9.08. The lowest BCUT2D eigenvalue weighted by Gasteiger charge is -2.11. The molecule has 0 bridgehead atoms. The number of aryl methyl sites for hydroxylation is 1. The van der Waals surface area contributed by atoms with Gasteiger partial charge in [0.05, 0.1) is 17.4 Å². The van der Waals surface area contributed by atoms with Gasteiger partial charge in [-0.15, -0.1) is 0 Å². The van der Waals surface area contributed by atoms with Crippen molar-refractivity contribution in [2.24, 2.45) is 5.73 Å². The van der Waals surface area contributed by atoms with E-state index in [0.29, 0.717) is 17.8 Å². The molecule has 1 aromatic heterocycles. The predicted octanol–water partition coefficient (Wildman–Crippen LogP) is 1.68. The van der Waals surface area contributed by atoms with Crippen LogP contribution in [0.2, 0.25) is 0 Å². The third kappa shape index (κ3) is 3.01. The van der Waals surface area contributed by atoms with E-state index >= 15 is 0 Å². The number of nitrogens with zero attached hydrogens (tertiary/aromatic N) is 1. The summed E-state index contributed by atoms with van der Waals surface area (Å²) in [5.41, 5.74) is 14.1. The van der Waals surface area contributed by atoms with Crippen LogP contribution in [0.15, 0.2) is 36.5 Å². The first kappa shape index (κ1) is 12.9. The molecule has 5 nitrogen and oxygen atoms in total. The summed E-state index contributed by atoms with van der Waals surface area (Å²) in [6.45, 7) is 2.63. The maximum Gasteiger partial charge on any atom is 0.250 e. The number of primary amides is 1. The number of aromatic nitrogens is 1. The number of nitrogens with two attached hydrogens (primary N) is 2. The number of pyridine rings is 1. The number of hydrogen-bond donors (Lipinski definition) is 3. The van der Waals surface area contributed by atoms with Crippen LogP contribution in [0.5, 0.6) is 0 Å². The third-order valence-corrected chi connectivity index (χ3v) is 2.92. The fourth-order valence-electron chi connectivity index (χ4n) is 1.82. The fraction of sp³-hybridized carbons (Fsp3) is 0.143. The average molecular weight is 256 g/mol. The molecular formula is C14H16N4O. The molecule has 5 heteroatoms. The number of nitrogens with one attached hydrogen (secondary N) is 1. The summed E-state index contributed by atoms with van der Waals surface area (Å²) in [5, 5.41) is 3.16. The van der Waals surface area contributed by atoms with Crippen LogP contribution in [0.4, 0.5) is 11.5 Å². The predicted molar refractivity (Wildman–Crippen MR) is 75.7 cm³/mol. The molecule has 2 aromatic rings. The minimum atomic E-state index is -0.526. The molecule has 0 spiro atoms. The van der Waals surface area contributed by atoms with Gasteiger partial charge in [0.15, 0.2) is 0 Å². The van der Waals surface area contributed by atoms with E-state index in [1.54, 1.807) is 0 Å². The maximum absolute atomic E-state index is 11.4. The van der Waals surface area contributed by atoms with Gasteiger partial charge in [0.25, 0.3) is 5.91 Å².